The van der Waals surface area contributed by atoms with E-state index in [1.807, 2.05) is 0 Å². The van der Waals surface area contributed by atoms with E-state index in [2.05, 4.69) is 31.9 Å². The summed E-state index contributed by atoms with van der Waals surface area (Å²) in [5, 5.41) is 50.3. The average Bonchev–Trinajstić information content (AvgIpc) is 3.69. The van der Waals surface area contributed by atoms with Crippen molar-refractivity contribution in [1.29, 1.82) is 0 Å². The largest absolute Gasteiger partial charge is 0.481 e. The van der Waals surface area contributed by atoms with Crippen LogP contribution < -0.4 is 31.9 Å². The first-order valence-electron chi connectivity index (χ1n) is 29.7. The van der Waals surface area contributed by atoms with Crippen molar-refractivity contribution in [2.24, 2.45) is 0 Å². The monoisotopic (exact) mass is 1320 g/mol. The molecule has 10 N–H and O–H groups in total. The lowest BCUT2D eigenvalue weighted by atomic mass is 10.3. The highest BCUT2D eigenvalue weighted by atomic mass is 16.6. The van der Waals surface area contributed by atoms with E-state index in [0.717, 1.165) is 0 Å². The van der Waals surface area contributed by atoms with E-state index >= 15 is 0 Å². The van der Waals surface area contributed by atoms with Crippen molar-refractivity contribution in [3.8, 4) is 0 Å². The number of carbonyl (C=O) groups excluding carboxylic acids is 7. The number of amides is 6. The number of nitrogens with one attached hydrogen (secondary N) is 6. The topological polar surface area (TPSA) is 479 Å². The summed E-state index contributed by atoms with van der Waals surface area (Å²) in [5.41, 5.74) is 0. The second kappa shape index (κ2) is 62.6. The fraction of sp³-hybridized carbons (Fsp3) is 0.800. The summed E-state index contributed by atoms with van der Waals surface area (Å²) in [6, 6.07) is 0. The number of carboxylic acid groups (broad SMARTS) is 4. The number of rotatable bonds is 69. The highest BCUT2D eigenvalue weighted by molar-refractivity contribution is 5.82. The first-order valence-corrected chi connectivity index (χ1v) is 29.7. The highest BCUT2D eigenvalue weighted by Crippen LogP contribution is 2.01. The fourth-order valence-electron chi connectivity index (χ4n) is 6.52. The lowest BCUT2D eigenvalue weighted by Crippen LogP contribution is -2.35. The van der Waals surface area contributed by atoms with Gasteiger partial charge in [0.05, 0.1) is 184 Å². The lowest BCUT2D eigenvalue weighted by molar-refractivity contribution is -0.139. The third kappa shape index (κ3) is 63.7. The summed E-state index contributed by atoms with van der Waals surface area (Å²) in [7, 11) is 0. The molecule has 36 nitrogen and oxygen atoms in total. The Balaban J connectivity index is 4.57. The minimum atomic E-state index is -1.07. The zero-order chi connectivity index (χ0) is 67.1. The third-order valence-electron chi connectivity index (χ3n) is 11.0. The lowest BCUT2D eigenvalue weighted by Gasteiger charge is -2.18. The van der Waals surface area contributed by atoms with Gasteiger partial charge >= 0.3 is 23.9 Å². The summed E-state index contributed by atoms with van der Waals surface area (Å²) >= 11 is 0. The van der Waals surface area contributed by atoms with Gasteiger partial charge in [0, 0.05) is 65.0 Å². The molecule has 0 aliphatic rings. The number of hydrogen-bond acceptors (Lipinski definition) is 26. The standard InChI is InChI=1S/C55H96N6O30/c62-15-22-89-43(35-83-29-23-81-20-13-60-50(67)41-90-44(37-85-31-25-77-16-9-56-46(63)1-5-52(69)70)38-86-32-26-78-17-10-57-47(64)2-6-53(71)72)36-84-30-24-82-21-14-61-51(68)42-91-45(39-87-33-27-79-18-11-58-48(65)3-7-54(73)74)40-88-34-28-80-19-12-59-49(66)4-8-55(75)76/h15,43-45H,1-14,16-42H2,(H,56,63)(H,57,64)(H,58,65)(H,59,66)(H,60,67)(H,61,68)(H,69,70)(H,71,72)(H,73,74)(H,75,76). The molecule has 0 atom stereocenters. The minimum Gasteiger partial charge on any atom is -0.481 e. The molecule has 0 unspecified atom stereocenters. The number of aliphatic carboxylic acids is 4. The van der Waals surface area contributed by atoms with Crippen LogP contribution in [0.25, 0.3) is 0 Å². The van der Waals surface area contributed by atoms with Crippen LogP contribution >= 0.6 is 0 Å². The second-order valence-electron chi connectivity index (χ2n) is 18.8. The summed E-state index contributed by atoms with van der Waals surface area (Å²) in [6.45, 7) is 3.44. The molecular weight excluding hydrogens is 1220 g/mol. The first kappa shape index (κ1) is 84.8. The van der Waals surface area contributed by atoms with Crippen molar-refractivity contribution in [2.75, 3.05) is 218 Å². The van der Waals surface area contributed by atoms with Gasteiger partial charge in [-0.2, -0.15) is 0 Å². The van der Waals surface area contributed by atoms with Gasteiger partial charge in [0.2, 0.25) is 35.4 Å². The molecule has 36 heteroatoms. The predicted molar refractivity (Wildman–Crippen MR) is 311 cm³/mol. The quantitative estimate of drug-likeness (QED) is 0.0203. The van der Waals surface area contributed by atoms with Crippen molar-refractivity contribution in [2.45, 2.75) is 69.7 Å². The molecule has 0 fully saturated rings. The molecule has 0 aromatic carbocycles. The summed E-state index contributed by atoms with van der Waals surface area (Å²) in [4.78, 5) is 125. The molecule has 526 valence electrons. The van der Waals surface area contributed by atoms with E-state index in [4.69, 9.17) is 91.5 Å². The molecule has 0 radical (unpaired) electrons. The molecule has 91 heavy (non-hydrogen) atoms. The number of carbonyl (C=O) groups is 11. The van der Waals surface area contributed by atoms with Crippen molar-refractivity contribution in [3.63, 3.8) is 0 Å². The molecule has 0 heterocycles. The predicted octanol–water partition coefficient (Wildman–Crippen LogP) is -4.30. The maximum absolute atomic E-state index is 12.6. The van der Waals surface area contributed by atoms with E-state index in [-0.39, 0.29) is 269 Å². The van der Waals surface area contributed by atoms with Gasteiger partial charge in [-0.05, 0) is 0 Å². The minimum absolute atomic E-state index is 0.0318. The van der Waals surface area contributed by atoms with Crippen LogP contribution in [0.3, 0.4) is 0 Å². The van der Waals surface area contributed by atoms with Gasteiger partial charge in [-0.1, -0.05) is 0 Å². The SMILES string of the molecule is O=CCOC(COCCOCCNC(=O)COC(COCCOCCNC(=O)CCC(=O)O)COCCOCCNC(=O)CCC(=O)O)COCCOCCNC(=O)COC(COCCOCCNC(=O)CCC(=O)O)COCCOCCNC(=O)CCC(=O)O. The van der Waals surface area contributed by atoms with Gasteiger partial charge in [-0.25, -0.2) is 0 Å². The van der Waals surface area contributed by atoms with Crippen LogP contribution in [-0.4, -0.2) is 322 Å². The summed E-state index contributed by atoms with van der Waals surface area (Å²) < 4.78 is 83.6. The average molecular weight is 1320 g/mol. The molecule has 0 bridgehead atoms. The zero-order valence-electron chi connectivity index (χ0n) is 51.7. The van der Waals surface area contributed by atoms with Gasteiger partial charge in [0.1, 0.15) is 44.4 Å². The Hall–Kier alpha value is -6.23. The van der Waals surface area contributed by atoms with Crippen molar-refractivity contribution < 1.29 is 144 Å². The van der Waals surface area contributed by atoms with Gasteiger partial charge in [-0.3, -0.25) is 47.9 Å². The maximum atomic E-state index is 12.6. The van der Waals surface area contributed by atoms with Crippen LogP contribution in [-0.2, 0) is 124 Å². The Labute approximate surface area is 527 Å². The Morgan fingerprint density at radius 3 is 0.670 bits per heavy atom. The molecular formula is C55H96N6O30. The van der Waals surface area contributed by atoms with Crippen LogP contribution in [0, 0.1) is 0 Å². The van der Waals surface area contributed by atoms with Crippen LogP contribution in [0.15, 0.2) is 0 Å². The molecule has 0 aliphatic heterocycles. The molecule has 0 aromatic rings. The molecule has 0 saturated carbocycles. The van der Waals surface area contributed by atoms with Crippen molar-refractivity contribution in [1.82, 2.24) is 31.9 Å². The van der Waals surface area contributed by atoms with E-state index in [9.17, 15) is 52.7 Å². The fourth-order valence-corrected chi connectivity index (χ4v) is 6.52. The normalized spacial score (nSPS) is 11.2. The molecule has 6 amide bonds. The van der Waals surface area contributed by atoms with Crippen LogP contribution in [0.4, 0.5) is 0 Å². The molecule has 0 aromatic heterocycles. The van der Waals surface area contributed by atoms with Crippen LogP contribution in [0.5, 0.6) is 0 Å². The number of hydrogen-bond donors (Lipinski definition) is 10. The maximum Gasteiger partial charge on any atom is 0.303 e. The van der Waals surface area contributed by atoms with Gasteiger partial charge in [0.25, 0.3) is 0 Å². The van der Waals surface area contributed by atoms with Crippen LogP contribution in [0.1, 0.15) is 51.4 Å². The summed E-state index contributed by atoms with van der Waals surface area (Å²) in [6.07, 6.45) is -3.00. The number of carboxylic acids is 4. The van der Waals surface area contributed by atoms with Gasteiger partial charge < -0.3 is 128 Å². The van der Waals surface area contributed by atoms with E-state index in [1.54, 1.807) is 0 Å². The molecule has 0 aliphatic carbocycles. The smallest absolute Gasteiger partial charge is 0.303 e. The Morgan fingerprint density at radius 2 is 0.462 bits per heavy atom. The first-order chi connectivity index (χ1) is 44.0. The van der Waals surface area contributed by atoms with Gasteiger partial charge in [0.15, 0.2) is 0 Å². The molecule has 0 spiro atoms. The van der Waals surface area contributed by atoms with E-state index in [0.29, 0.717) is 6.29 Å². The number of ether oxygens (including phenoxy) is 15. The van der Waals surface area contributed by atoms with E-state index < -0.39 is 77.6 Å². The Morgan fingerprint density at radius 1 is 0.264 bits per heavy atom. The summed E-state index contributed by atoms with van der Waals surface area (Å²) in [5.74, 6) is -6.79. The molecule has 0 rings (SSSR count). The highest BCUT2D eigenvalue weighted by Gasteiger charge is 2.17. The van der Waals surface area contributed by atoms with Crippen LogP contribution in [0.2, 0.25) is 0 Å². The molecule has 0 saturated heterocycles. The second-order valence-corrected chi connectivity index (χ2v) is 18.8. The number of aldehydes is 1. The van der Waals surface area contributed by atoms with Crippen molar-refractivity contribution >= 4 is 65.6 Å². The van der Waals surface area contributed by atoms with Gasteiger partial charge in [-0.15, -0.1) is 0 Å². The third-order valence-corrected chi connectivity index (χ3v) is 11.0. The Kier molecular flexibility index (Phi) is 58.3. The van der Waals surface area contributed by atoms with Crippen molar-refractivity contribution in [3.05, 3.63) is 0 Å². The zero-order valence-corrected chi connectivity index (χ0v) is 51.7. The Bertz CT molecular complexity index is 1740. The van der Waals surface area contributed by atoms with E-state index in [1.165, 1.54) is 0 Å².